The summed E-state index contributed by atoms with van der Waals surface area (Å²) in [5.41, 5.74) is 0. The first kappa shape index (κ1) is 14.5. The summed E-state index contributed by atoms with van der Waals surface area (Å²) in [4.78, 5) is 34.9. The Bertz CT molecular complexity index is 326. The second kappa shape index (κ2) is 6.98. The van der Waals surface area contributed by atoms with Crippen LogP contribution in [-0.2, 0) is 9.59 Å². The fraction of sp³-hybridized carbons (Fsp3) is 0.750. The number of carboxylic acids is 1. The van der Waals surface area contributed by atoms with Gasteiger partial charge in [0.1, 0.15) is 0 Å². The van der Waals surface area contributed by atoms with Gasteiger partial charge in [0.25, 0.3) is 0 Å². The van der Waals surface area contributed by atoms with Crippen molar-refractivity contribution in [3.8, 4) is 0 Å². The largest absolute Gasteiger partial charge is 0.481 e. The molecule has 0 aromatic heterocycles. The second-order valence-corrected chi connectivity index (χ2v) is 4.65. The van der Waals surface area contributed by atoms with E-state index in [1.54, 1.807) is 11.9 Å². The first-order chi connectivity index (χ1) is 8.50. The molecule has 6 nitrogen and oxygen atoms in total. The van der Waals surface area contributed by atoms with Gasteiger partial charge in [-0.25, -0.2) is 4.79 Å². The van der Waals surface area contributed by atoms with Crippen LogP contribution in [0.15, 0.2) is 0 Å². The second-order valence-electron chi connectivity index (χ2n) is 4.65. The Labute approximate surface area is 106 Å². The molecule has 0 aromatic carbocycles. The van der Waals surface area contributed by atoms with E-state index in [4.69, 9.17) is 5.11 Å². The number of nitrogens with zero attached hydrogens (tertiary/aromatic N) is 1. The number of urea groups is 1. The van der Waals surface area contributed by atoms with Crippen molar-refractivity contribution in [3.05, 3.63) is 0 Å². The van der Waals surface area contributed by atoms with Crippen molar-refractivity contribution in [3.63, 3.8) is 0 Å². The summed E-state index contributed by atoms with van der Waals surface area (Å²) in [6, 6.07) is -0.104. The van der Waals surface area contributed by atoms with Crippen molar-refractivity contribution in [2.45, 2.75) is 51.0 Å². The molecule has 2 N–H and O–H groups in total. The van der Waals surface area contributed by atoms with Crippen molar-refractivity contribution in [2.75, 3.05) is 7.05 Å². The van der Waals surface area contributed by atoms with Crippen molar-refractivity contribution in [1.29, 1.82) is 0 Å². The third kappa shape index (κ3) is 4.73. The van der Waals surface area contributed by atoms with Crippen LogP contribution < -0.4 is 5.32 Å². The lowest BCUT2D eigenvalue weighted by molar-refractivity contribution is -0.137. The lowest BCUT2D eigenvalue weighted by Gasteiger charge is -2.34. The minimum atomic E-state index is -0.865. The average molecular weight is 256 g/mol. The van der Waals surface area contributed by atoms with Gasteiger partial charge in [-0.3, -0.25) is 14.9 Å². The number of amides is 3. The maximum Gasteiger partial charge on any atom is 0.324 e. The number of unbranched alkanes of at least 4 members (excludes halogenated alkanes) is 1. The Morgan fingerprint density at radius 3 is 2.33 bits per heavy atom. The molecule has 0 heterocycles. The molecule has 1 fully saturated rings. The molecule has 0 radical (unpaired) electrons. The topological polar surface area (TPSA) is 86.7 Å². The lowest BCUT2D eigenvalue weighted by Crippen LogP contribution is -2.48. The molecule has 0 aliphatic heterocycles. The smallest absolute Gasteiger partial charge is 0.324 e. The van der Waals surface area contributed by atoms with Gasteiger partial charge in [0, 0.05) is 25.9 Å². The summed E-state index contributed by atoms with van der Waals surface area (Å²) in [5.74, 6) is -1.20. The fourth-order valence-electron chi connectivity index (χ4n) is 1.77. The van der Waals surface area contributed by atoms with Crippen LogP contribution in [0.1, 0.15) is 44.9 Å². The number of carbonyl (C=O) groups excluding carboxylic acids is 2. The Morgan fingerprint density at radius 1 is 1.22 bits per heavy atom. The van der Waals surface area contributed by atoms with E-state index in [2.05, 4.69) is 5.32 Å². The standard InChI is InChI=1S/C12H20N2O4/c1-14(9-5-4-6-9)12(18)13-10(15)7-2-3-8-11(16)17/h9H,2-8H2,1H3,(H,16,17)(H,13,15,18). The monoisotopic (exact) mass is 256 g/mol. The fourth-order valence-corrected chi connectivity index (χ4v) is 1.77. The zero-order chi connectivity index (χ0) is 13.5. The van der Waals surface area contributed by atoms with E-state index in [-0.39, 0.29) is 30.8 Å². The van der Waals surface area contributed by atoms with Gasteiger partial charge in [-0.2, -0.15) is 0 Å². The number of imide groups is 1. The van der Waals surface area contributed by atoms with Gasteiger partial charge in [-0.05, 0) is 32.1 Å². The molecule has 6 heteroatoms. The van der Waals surface area contributed by atoms with Gasteiger partial charge in [0.05, 0.1) is 0 Å². The summed E-state index contributed by atoms with van der Waals surface area (Å²) in [6.07, 6.45) is 4.31. The number of carboxylic acid groups (broad SMARTS) is 1. The van der Waals surface area contributed by atoms with Crippen LogP contribution in [0.3, 0.4) is 0 Å². The van der Waals surface area contributed by atoms with Gasteiger partial charge in [0.2, 0.25) is 5.91 Å². The molecule has 0 bridgehead atoms. The number of hydrogen-bond acceptors (Lipinski definition) is 3. The molecule has 0 unspecified atom stereocenters. The Morgan fingerprint density at radius 2 is 1.83 bits per heavy atom. The molecule has 0 saturated heterocycles. The lowest BCUT2D eigenvalue weighted by atomic mass is 9.92. The molecule has 0 atom stereocenters. The highest BCUT2D eigenvalue weighted by Crippen LogP contribution is 2.23. The number of nitrogens with one attached hydrogen (secondary N) is 1. The number of carbonyl (C=O) groups is 3. The Hall–Kier alpha value is -1.59. The maximum absolute atomic E-state index is 11.6. The molecule has 0 aromatic rings. The van der Waals surface area contributed by atoms with E-state index in [0.29, 0.717) is 12.8 Å². The molecule has 18 heavy (non-hydrogen) atoms. The molecule has 102 valence electrons. The summed E-state index contributed by atoms with van der Waals surface area (Å²) in [5, 5.41) is 10.7. The highest BCUT2D eigenvalue weighted by molar-refractivity contribution is 5.94. The summed E-state index contributed by atoms with van der Waals surface area (Å²) >= 11 is 0. The van der Waals surface area contributed by atoms with Gasteiger partial charge in [-0.15, -0.1) is 0 Å². The molecular formula is C12H20N2O4. The number of rotatable bonds is 6. The van der Waals surface area contributed by atoms with E-state index >= 15 is 0 Å². The molecule has 1 rings (SSSR count). The predicted molar refractivity (Wildman–Crippen MR) is 65.0 cm³/mol. The van der Waals surface area contributed by atoms with Gasteiger partial charge >= 0.3 is 12.0 Å². The van der Waals surface area contributed by atoms with Gasteiger partial charge in [-0.1, -0.05) is 0 Å². The summed E-state index contributed by atoms with van der Waals surface area (Å²) in [6.45, 7) is 0. The van der Waals surface area contributed by atoms with E-state index in [0.717, 1.165) is 19.3 Å². The zero-order valence-electron chi connectivity index (χ0n) is 10.6. The van der Waals surface area contributed by atoms with Crippen LogP contribution in [0.4, 0.5) is 4.79 Å². The highest BCUT2D eigenvalue weighted by atomic mass is 16.4. The summed E-state index contributed by atoms with van der Waals surface area (Å²) in [7, 11) is 1.69. The van der Waals surface area contributed by atoms with Gasteiger partial charge < -0.3 is 10.0 Å². The Kier molecular flexibility index (Phi) is 5.61. The molecule has 1 saturated carbocycles. The van der Waals surface area contributed by atoms with E-state index < -0.39 is 5.97 Å². The minimum Gasteiger partial charge on any atom is -0.481 e. The summed E-state index contributed by atoms with van der Waals surface area (Å²) < 4.78 is 0. The van der Waals surface area contributed by atoms with Crippen LogP contribution >= 0.6 is 0 Å². The SMILES string of the molecule is CN(C(=O)NC(=O)CCCCC(=O)O)C1CCC1. The van der Waals surface area contributed by atoms with E-state index in [1.807, 2.05) is 0 Å². The minimum absolute atomic E-state index is 0.0587. The number of hydrogen-bond donors (Lipinski definition) is 2. The highest BCUT2D eigenvalue weighted by Gasteiger charge is 2.26. The van der Waals surface area contributed by atoms with Crippen LogP contribution in [0.5, 0.6) is 0 Å². The van der Waals surface area contributed by atoms with Crippen molar-refractivity contribution < 1.29 is 19.5 Å². The van der Waals surface area contributed by atoms with Crippen molar-refractivity contribution in [2.24, 2.45) is 0 Å². The third-order valence-electron chi connectivity index (χ3n) is 3.23. The third-order valence-corrected chi connectivity index (χ3v) is 3.23. The van der Waals surface area contributed by atoms with Crippen LogP contribution in [-0.4, -0.2) is 41.0 Å². The number of aliphatic carboxylic acids is 1. The quantitative estimate of drug-likeness (QED) is 0.702. The van der Waals surface area contributed by atoms with E-state index in [1.165, 1.54) is 0 Å². The molecular weight excluding hydrogens is 236 g/mol. The maximum atomic E-state index is 11.6. The van der Waals surface area contributed by atoms with Crippen LogP contribution in [0, 0.1) is 0 Å². The van der Waals surface area contributed by atoms with E-state index in [9.17, 15) is 14.4 Å². The van der Waals surface area contributed by atoms with Gasteiger partial charge in [0.15, 0.2) is 0 Å². The predicted octanol–water partition coefficient (Wildman–Crippen LogP) is 1.35. The molecule has 0 spiro atoms. The molecule has 1 aliphatic rings. The van der Waals surface area contributed by atoms with Crippen LogP contribution in [0.25, 0.3) is 0 Å². The Balaban J connectivity index is 2.14. The molecule has 3 amide bonds. The zero-order valence-corrected chi connectivity index (χ0v) is 10.6. The normalized spacial score (nSPS) is 14.7. The first-order valence-corrected chi connectivity index (χ1v) is 6.29. The average Bonchev–Trinajstić information content (AvgIpc) is 2.21. The van der Waals surface area contributed by atoms with Crippen LogP contribution in [0.2, 0.25) is 0 Å². The molecule has 1 aliphatic carbocycles. The first-order valence-electron chi connectivity index (χ1n) is 6.29. The van der Waals surface area contributed by atoms with Crippen molar-refractivity contribution in [1.82, 2.24) is 10.2 Å². The van der Waals surface area contributed by atoms with Crippen molar-refractivity contribution >= 4 is 17.9 Å².